The van der Waals surface area contributed by atoms with Gasteiger partial charge in [-0.25, -0.2) is 0 Å². The second-order valence-corrected chi connectivity index (χ2v) is 8.23. The van der Waals surface area contributed by atoms with E-state index in [-0.39, 0.29) is 36.5 Å². The standard InChI is InChI=1S/C24H21ClF2N2O4/c25-17-7-5-16(6-8-17)24(26,27)23(33)28-12-14-4-9-19-15(10-14)13-29(22(19)32)20-3-1-2-18(30)11-21(20)31/h4-10,20H,1-3,11-13H2,(H,28,33)/t20-/m1/s1/i2D2,20D. The number of benzene rings is 2. The van der Waals surface area contributed by atoms with E-state index in [9.17, 15) is 28.0 Å². The fourth-order valence-corrected chi connectivity index (χ4v) is 3.97. The summed E-state index contributed by atoms with van der Waals surface area (Å²) >= 11 is 5.71. The van der Waals surface area contributed by atoms with Crippen LogP contribution in [0, 0.1) is 0 Å². The van der Waals surface area contributed by atoms with Gasteiger partial charge in [-0.15, -0.1) is 0 Å². The number of hydrogen-bond donors (Lipinski definition) is 1. The monoisotopic (exact) mass is 477 g/mol. The molecule has 6 nitrogen and oxygen atoms in total. The molecule has 1 atom stereocenters. The number of amides is 2. The topological polar surface area (TPSA) is 83.6 Å². The van der Waals surface area contributed by atoms with Gasteiger partial charge in [-0.1, -0.05) is 35.9 Å². The first-order valence-electron chi connectivity index (χ1n) is 11.7. The number of carbonyl (C=O) groups is 4. The molecule has 1 aliphatic heterocycles. The van der Waals surface area contributed by atoms with Crippen molar-refractivity contribution >= 4 is 35.0 Å². The van der Waals surface area contributed by atoms with Gasteiger partial charge in [-0.3, -0.25) is 19.2 Å². The van der Waals surface area contributed by atoms with Crippen molar-refractivity contribution in [2.75, 3.05) is 0 Å². The summed E-state index contributed by atoms with van der Waals surface area (Å²) in [5, 5.41) is 2.43. The van der Waals surface area contributed by atoms with Crippen LogP contribution in [0.3, 0.4) is 0 Å². The van der Waals surface area contributed by atoms with Crippen molar-refractivity contribution in [3.63, 3.8) is 0 Å². The molecule has 33 heavy (non-hydrogen) atoms. The number of carbonyl (C=O) groups excluding carboxylic acids is 4. The van der Waals surface area contributed by atoms with Gasteiger partial charge in [-0.05, 0) is 42.2 Å². The van der Waals surface area contributed by atoms with Gasteiger partial charge in [0.1, 0.15) is 5.78 Å². The summed E-state index contributed by atoms with van der Waals surface area (Å²) < 4.78 is 53.3. The van der Waals surface area contributed by atoms with Crippen LogP contribution in [0.25, 0.3) is 0 Å². The van der Waals surface area contributed by atoms with Crippen molar-refractivity contribution in [1.82, 2.24) is 10.2 Å². The van der Waals surface area contributed by atoms with Crippen LogP contribution in [-0.2, 0) is 33.4 Å². The zero-order chi connectivity index (χ0) is 26.5. The van der Waals surface area contributed by atoms with Crippen molar-refractivity contribution in [2.24, 2.45) is 0 Å². The highest BCUT2D eigenvalue weighted by Gasteiger charge is 2.41. The van der Waals surface area contributed by atoms with Gasteiger partial charge < -0.3 is 10.2 Å². The van der Waals surface area contributed by atoms with Crippen LogP contribution in [0.4, 0.5) is 8.78 Å². The fourth-order valence-electron chi connectivity index (χ4n) is 3.84. The number of nitrogens with zero attached hydrogens (tertiary/aromatic N) is 1. The minimum Gasteiger partial charge on any atom is -0.346 e. The molecule has 0 spiro atoms. The van der Waals surface area contributed by atoms with E-state index in [1.807, 2.05) is 0 Å². The van der Waals surface area contributed by atoms with Crippen molar-refractivity contribution in [3.05, 3.63) is 69.7 Å². The van der Waals surface area contributed by atoms with Crippen molar-refractivity contribution < 1.29 is 32.1 Å². The summed E-state index contributed by atoms with van der Waals surface area (Å²) in [5.74, 6) is -7.70. The molecule has 0 unspecified atom stereocenters. The fraction of sp³-hybridized carbons (Fsp3) is 0.333. The molecule has 2 aliphatic rings. The largest absolute Gasteiger partial charge is 0.349 e. The van der Waals surface area contributed by atoms with E-state index in [0.717, 1.165) is 17.0 Å². The molecule has 172 valence electrons. The Morgan fingerprint density at radius 1 is 1.21 bits per heavy atom. The summed E-state index contributed by atoms with van der Waals surface area (Å²) in [6.45, 7) is -0.410. The average Bonchev–Trinajstić information content (AvgIpc) is 3.13. The molecule has 2 aromatic rings. The third-order valence-electron chi connectivity index (χ3n) is 5.57. The van der Waals surface area contributed by atoms with Gasteiger partial charge in [0.2, 0.25) is 0 Å². The van der Waals surface area contributed by atoms with Crippen molar-refractivity contribution in [1.29, 1.82) is 0 Å². The Labute approximate surface area is 198 Å². The minimum absolute atomic E-state index is 0.149. The van der Waals surface area contributed by atoms with Gasteiger partial charge in [0, 0.05) is 38.4 Å². The number of ketones is 2. The van der Waals surface area contributed by atoms with Crippen molar-refractivity contribution in [2.45, 2.75) is 50.7 Å². The molecule has 0 bridgehead atoms. The van der Waals surface area contributed by atoms with Gasteiger partial charge in [0.05, 0.1) is 13.8 Å². The molecule has 2 aromatic carbocycles. The molecule has 1 fully saturated rings. The highest BCUT2D eigenvalue weighted by atomic mass is 35.5. The first-order valence-corrected chi connectivity index (χ1v) is 10.6. The first kappa shape index (κ1) is 19.3. The lowest BCUT2D eigenvalue weighted by Gasteiger charge is -2.25. The molecular formula is C24H21ClF2N2O4. The van der Waals surface area contributed by atoms with Crippen LogP contribution in [0.5, 0.6) is 0 Å². The smallest absolute Gasteiger partial charge is 0.346 e. The molecule has 9 heteroatoms. The SMILES string of the molecule is [2H]C1([2H])CC[C@@]([2H])(N2Cc3cc(CNC(=O)C(F)(F)c4ccc(Cl)cc4)ccc3C2=O)C(=O)CC1=O. The van der Waals surface area contributed by atoms with Gasteiger partial charge in [0.25, 0.3) is 11.8 Å². The van der Waals surface area contributed by atoms with Gasteiger partial charge in [0.15, 0.2) is 5.78 Å². The van der Waals surface area contributed by atoms with E-state index < -0.39 is 53.7 Å². The quantitative estimate of drug-likeness (QED) is 0.524. The Balaban J connectivity index is 1.48. The third kappa shape index (κ3) is 4.66. The molecule has 0 saturated heterocycles. The Bertz CT molecular complexity index is 1270. The van der Waals surface area contributed by atoms with Crippen LogP contribution in [-0.4, -0.2) is 34.3 Å². The first-order chi connectivity index (χ1) is 16.8. The second-order valence-electron chi connectivity index (χ2n) is 7.79. The van der Waals surface area contributed by atoms with E-state index >= 15 is 0 Å². The molecular weight excluding hydrogens is 454 g/mol. The number of alkyl halides is 2. The summed E-state index contributed by atoms with van der Waals surface area (Å²) in [5.41, 5.74) is 0.529. The summed E-state index contributed by atoms with van der Waals surface area (Å²) in [7, 11) is 0. The lowest BCUT2D eigenvalue weighted by atomic mass is 10.1. The normalized spacial score (nSPS) is 23.9. The minimum atomic E-state index is -3.80. The zero-order valence-corrected chi connectivity index (χ0v) is 18.0. The number of hydrogen-bond acceptors (Lipinski definition) is 4. The van der Waals surface area contributed by atoms with E-state index in [0.29, 0.717) is 11.1 Å². The molecule has 1 N–H and O–H groups in total. The molecule has 2 amide bonds. The predicted octanol–water partition coefficient (Wildman–Crippen LogP) is 3.78. The summed E-state index contributed by atoms with van der Waals surface area (Å²) in [6.07, 6.45) is -3.75. The number of rotatable bonds is 5. The molecule has 1 aliphatic carbocycles. The van der Waals surface area contributed by atoms with E-state index in [1.54, 1.807) is 0 Å². The maximum atomic E-state index is 14.5. The lowest BCUT2D eigenvalue weighted by Crippen LogP contribution is -2.41. The molecule has 0 aromatic heterocycles. The second kappa shape index (κ2) is 9.02. The van der Waals surface area contributed by atoms with Crippen LogP contribution in [0.2, 0.25) is 5.02 Å². The van der Waals surface area contributed by atoms with Crippen LogP contribution in [0.1, 0.15) is 56.8 Å². The number of Topliss-reactive ketones (excluding diaryl/α,β-unsaturated/α-hetero) is 2. The van der Waals surface area contributed by atoms with E-state index in [4.69, 9.17) is 15.7 Å². The van der Waals surface area contributed by atoms with Crippen LogP contribution >= 0.6 is 11.6 Å². The Morgan fingerprint density at radius 2 is 1.94 bits per heavy atom. The Hall–Kier alpha value is -3.13. The van der Waals surface area contributed by atoms with Crippen LogP contribution < -0.4 is 5.32 Å². The number of nitrogens with one attached hydrogen (secondary N) is 1. The third-order valence-corrected chi connectivity index (χ3v) is 5.82. The Morgan fingerprint density at radius 3 is 2.67 bits per heavy atom. The van der Waals surface area contributed by atoms with E-state index in [1.165, 1.54) is 30.3 Å². The molecule has 4 rings (SSSR count). The van der Waals surface area contributed by atoms with Crippen LogP contribution in [0.15, 0.2) is 42.5 Å². The molecule has 0 radical (unpaired) electrons. The summed E-state index contributed by atoms with van der Waals surface area (Å²) in [6, 6.07) is 6.92. The number of fused-ring (bicyclic) bond motifs is 1. The molecule has 1 heterocycles. The predicted molar refractivity (Wildman–Crippen MR) is 116 cm³/mol. The maximum absolute atomic E-state index is 14.5. The van der Waals surface area contributed by atoms with Gasteiger partial charge in [-0.2, -0.15) is 8.78 Å². The number of halogens is 3. The molecule has 1 saturated carbocycles. The zero-order valence-electron chi connectivity index (χ0n) is 20.3. The Kier molecular flexibility index (Phi) is 5.29. The highest BCUT2D eigenvalue weighted by molar-refractivity contribution is 6.30. The average molecular weight is 478 g/mol. The highest BCUT2D eigenvalue weighted by Crippen LogP contribution is 2.31. The van der Waals surface area contributed by atoms with E-state index in [2.05, 4.69) is 5.32 Å². The maximum Gasteiger partial charge on any atom is 0.349 e. The van der Waals surface area contributed by atoms with Crippen molar-refractivity contribution in [3.8, 4) is 0 Å². The van der Waals surface area contributed by atoms with Gasteiger partial charge >= 0.3 is 5.92 Å². The lowest BCUT2D eigenvalue weighted by molar-refractivity contribution is -0.147. The summed E-state index contributed by atoms with van der Waals surface area (Å²) in [4.78, 5) is 50.9.